The van der Waals surface area contributed by atoms with Crippen LogP contribution in [0, 0.1) is 17.7 Å². The molecule has 0 aromatic heterocycles. The zero-order valence-electron chi connectivity index (χ0n) is 13.7. The average Bonchev–Trinajstić information content (AvgIpc) is 2.82. The fraction of sp³-hybridized carbons (Fsp3) is 0.500. The van der Waals surface area contributed by atoms with Crippen molar-refractivity contribution in [2.24, 2.45) is 11.8 Å². The maximum absolute atomic E-state index is 12.9. The highest BCUT2D eigenvalue weighted by atomic mass is 19.1. The Balaban J connectivity index is 1.62. The van der Waals surface area contributed by atoms with Gasteiger partial charge in [0.15, 0.2) is 0 Å². The number of hydrogen-bond acceptors (Lipinski definition) is 3. The van der Waals surface area contributed by atoms with Gasteiger partial charge >= 0.3 is 0 Å². The highest BCUT2D eigenvalue weighted by molar-refractivity contribution is 6.07. The number of rotatable bonds is 4. The third kappa shape index (κ3) is 3.18. The van der Waals surface area contributed by atoms with Gasteiger partial charge in [0.05, 0.1) is 11.8 Å². The van der Waals surface area contributed by atoms with Gasteiger partial charge in [0.1, 0.15) is 12.4 Å². The zero-order valence-corrected chi connectivity index (χ0v) is 13.7. The summed E-state index contributed by atoms with van der Waals surface area (Å²) >= 11 is 0. The van der Waals surface area contributed by atoms with Gasteiger partial charge in [-0.2, -0.15) is 0 Å². The third-order valence-electron chi connectivity index (χ3n) is 4.98. The summed E-state index contributed by atoms with van der Waals surface area (Å²) in [6.07, 6.45) is 3.41. The minimum absolute atomic E-state index is 0.201. The molecule has 2 unspecified atom stereocenters. The molecule has 2 aliphatic rings. The Morgan fingerprint density at radius 3 is 2.21 bits per heavy atom. The summed E-state index contributed by atoms with van der Waals surface area (Å²) in [5.41, 5.74) is 0.792. The zero-order chi connectivity index (χ0) is 17.3. The number of halogens is 1. The Morgan fingerprint density at radius 1 is 1.12 bits per heavy atom. The van der Waals surface area contributed by atoms with Crippen LogP contribution in [0.4, 0.5) is 4.39 Å². The van der Waals surface area contributed by atoms with Crippen molar-refractivity contribution >= 4 is 17.7 Å². The number of nitrogens with zero attached hydrogens (tertiary/aromatic N) is 2. The molecule has 0 radical (unpaired) electrons. The van der Waals surface area contributed by atoms with Crippen molar-refractivity contribution in [3.8, 4) is 0 Å². The Morgan fingerprint density at radius 2 is 1.67 bits per heavy atom. The molecule has 1 saturated heterocycles. The monoisotopic (exact) mass is 332 g/mol. The molecule has 24 heavy (non-hydrogen) atoms. The lowest BCUT2D eigenvalue weighted by Crippen LogP contribution is -2.41. The fourth-order valence-corrected chi connectivity index (χ4v) is 3.59. The molecule has 2 atom stereocenters. The van der Waals surface area contributed by atoms with E-state index in [1.165, 1.54) is 17.0 Å². The second-order valence-corrected chi connectivity index (χ2v) is 6.64. The molecule has 3 amide bonds. The Bertz CT molecular complexity index is 635. The van der Waals surface area contributed by atoms with E-state index in [2.05, 4.69) is 0 Å². The quantitative estimate of drug-likeness (QED) is 0.792. The van der Waals surface area contributed by atoms with E-state index in [0.29, 0.717) is 6.54 Å². The molecule has 128 valence electrons. The molecule has 1 saturated carbocycles. The van der Waals surface area contributed by atoms with Crippen molar-refractivity contribution in [1.82, 2.24) is 9.80 Å². The standard InChI is InChI=1S/C18H21FN2O3/c1-20(10-12-6-8-13(19)9-7-12)16(22)11-21-17(23)14-4-2-3-5-15(14)18(21)24/h6-9,14-15H,2-5,10-11H2,1H3. The maximum Gasteiger partial charge on any atom is 0.242 e. The number of benzene rings is 1. The van der Waals surface area contributed by atoms with Crippen LogP contribution < -0.4 is 0 Å². The molecule has 1 aromatic carbocycles. The van der Waals surface area contributed by atoms with Gasteiger partial charge in [-0.1, -0.05) is 25.0 Å². The van der Waals surface area contributed by atoms with Crippen molar-refractivity contribution in [3.05, 3.63) is 35.6 Å². The minimum Gasteiger partial charge on any atom is -0.340 e. The van der Waals surface area contributed by atoms with Crippen LogP contribution in [-0.2, 0) is 20.9 Å². The molecule has 1 aliphatic carbocycles. The summed E-state index contributed by atoms with van der Waals surface area (Å²) in [5, 5.41) is 0. The SMILES string of the molecule is CN(Cc1ccc(F)cc1)C(=O)CN1C(=O)C2CCCCC2C1=O. The van der Waals surface area contributed by atoms with E-state index >= 15 is 0 Å². The van der Waals surface area contributed by atoms with Gasteiger partial charge < -0.3 is 4.90 Å². The first-order valence-corrected chi connectivity index (χ1v) is 8.31. The van der Waals surface area contributed by atoms with Crippen LogP contribution in [0.2, 0.25) is 0 Å². The second-order valence-electron chi connectivity index (χ2n) is 6.64. The number of amides is 3. The van der Waals surface area contributed by atoms with Gasteiger partial charge in [-0.3, -0.25) is 19.3 Å². The highest BCUT2D eigenvalue weighted by Gasteiger charge is 2.48. The van der Waals surface area contributed by atoms with E-state index < -0.39 is 0 Å². The summed E-state index contributed by atoms with van der Waals surface area (Å²) in [4.78, 5) is 39.7. The van der Waals surface area contributed by atoms with Crippen LogP contribution in [0.25, 0.3) is 0 Å². The number of carbonyl (C=O) groups excluding carboxylic acids is 3. The molecular weight excluding hydrogens is 311 g/mol. The van der Waals surface area contributed by atoms with Gasteiger partial charge in [-0.15, -0.1) is 0 Å². The van der Waals surface area contributed by atoms with E-state index in [1.54, 1.807) is 19.2 Å². The topological polar surface area (TPSA) is 57.7 Å². The van der Waals surface area contributed by atoms with Crippen LogP contribution in [0.3, 0.4) is 0 Å². The largest absolute Gasteiger partial charge is 0.340 e. The van der Waals surface area contributed by atoms with E-state index in [-0.39, 0.29) is 41.9 Å². The molecule has 5 nitrogen and oxygen atoms in total. The average molecular weight is 332 g/mol. The second kappa shape index (κ2) is 6.71. The molecular formula is C18H21FN2O3. The van der Waals surface area contributed by atoms with Crippen LogP contribution in [0.15, 0.2) is 24.3 Å². The first kappa shape index (κ1) is 16.6. The third-order valence-corrected chi connectivity index (χ3v) is 4.98. The predicted molar refractivity (Wildman–Crippen MR) is 85.0 cm³/mol. The van der Waals surface area contributed by atoms with Gasteiger partial charge in [-0.05, 0) is 30.5 Å². The molecule has 0 bridgehead atoms. The minimum atomic E-state index is -0.330. The van der Waals surface area contributed by atoms with Gasteiger partial charge in [0, 0.05) is 13.6 Å². The lowest BCUT2D eigenvalue weighted by Gasteiger charge is -2.21. The van der Waals surface area contributed by atoms with E-state index in [0.717, 1.165) is 36.1 Å². The summed E-state index contributed by atoms with van der Waals surface area (Å²) < 4.78 is 12.9. The molecule has 0 spiro atoms. The van der Waals surface area contributed by atoms with E-state index in [1.807, 2.05) is 0 Å². The Hall–Kier alpha value is -2.24. The van der Waals surface area contributed by atoms with E-state index in [4.69, 9.17) is 0 Å². The van der Waals surface area contributed by atoms with Gasteiger partial charge in [0.2, 0.25) is 17.7 Å². The first-order chi connectivity index (χ1) is 11.5. The smallest absolute Gasteiger partial charge is 0.242 e. The Labute approximate surface area is 140 Å². The molecule has 1 aliphatic heterocycles. The van der Waals surface area contributed by atoms with Gasteiger partial charge in [-0.25, -0.2) is 4.39 Å². The summed E-state index contributed by atoms with van der Waals surface area (Å²) in [7, 11) is 1.61. The lowest BCUT2D eigenvalue weighted by atomic mass is 9.81. The fourth-order valence-electron chi connectivity index (χ4n) is 3.59. The lowest BCUT2D eigenvalue weighted by molar-refractivity contribution is -0.146. The summed E-state index contributed by atoms with van der Waals surface area (Å²) in [6.45, 7) is 0.102. The number of hydrogen-bond donors (Lipinski definition) is 0. The molecule has 0 N–H and O–H groups in total. The van der Waals surface area contributed by atoms with Crippen LogP contribution in [0.1, 0.15) is 31.2 Å². The first-order valence-electron chi connectivity index (χ1n) is 8.31. The molecule has 2 fully saturated rings. The normalized spacial score (nSPS) is 23.3. The summed E-state index contributed by atoms with van der Waals surface area (Å²) in [5.74, 6) is -1.49. The molecule has 1 heterocycles. The van der Waals surface area contributed by atoms with Crippen molar-refractivity contribution in [2.75, 3.05) is 13.6 Å². The maximum atomic E-state index is 12.9. The number of likely N-dealkylation sites (N-methyl/N-ethyl adjacent to an activating group) is 1. The predicted octanol–water partition coefficient (Wildman–Crippen LogP) is 1.96. The number of carbonyl (C=O) groups is 3. The van der Waals surface area contributed by atoms with Crippen molar-refractivity contribution in [1.29, 1.82) is 0 Å². The van der Waals surface area contributed by atoms with Crippen LogP contribution >= 0.6 is 0 Å². The van der Waals surface area contributed by atoms with Crippen molar-refractivity contribution in [2.45, 2.75) is 32.2 Å². The summed E-state index contributed by atoms with van der Waals surface area (Å²) in [6, 6.07) is 5.90. The molecule has 3 rings (SSSR count). The van der Waals surface area contributed by atoms with Crippen LogP contribution in [-0.4, -0.2) is 41.1 Å². The van der Waals surface area contributed by atoms with Crippen molar-refractivity contribution < 1.29 is 18.8 Å². The van der Waals surface area contributed by atoms with E-state index in [9.17, 15) is 18.8 Å². The number of imide groups is 1. The highest BCUT2D eigenvalue weighted by Crippen LogP contribution is 2.37. The van der Waals surface area contributed by atoms with Crippen molar-refractivity contribution in [3.63, 3.8) is 0 Å². The number of fused-ring (bicyclic) bond motifs is 1. The molecule has 1 aromatic rings. The van der Waals surface area contributed by atoms with Crippen LogP contribution in [0.5, 0.6) is 0 Å². The Kier molecular flexibility index (Phi) is 4.64. The van der Waals surface area contributed by atoms with Gasteiger partial charge in [0.25, 0.3) is 0 Å². The number of likely N-dealkylation sites (tertiary alicyclic amines) is 1. The molecule has 6 heteroatoms.